The van der Waals surface area contributed by atoms with Crippen molar-refractivity contribution in [3.8, 4) is 0 Å². The van der Waals surface area contributed by atoms with Crippen molar-refractivity contribution in [1.82, 2.24) is 4.90 Å². The van der Waals surface area contributed by atoms with E-state index in [1.807, 2.05) is 23.1 Å². The van der Waals surface area contributed by atoms with Crippen LogP contribution in [0.3, 0.4) is 0 Å². The van der Waals surface area contributed by atoms with Crippen molar-refractivity contribution >= 4 is 23.1 Å². The Balaban J connectivity index is 1.70. The molecular weight excluding hydrogens is 260 g/mol. The summed E-state index contributed by atoms with van der Waals surface area (Å²) in [5.41, 5.74) is 8.03. The second-order valence-electron chi connectivity index (χ2n) is 5.00. The van der Waals surface area contributed by atoms with Gasteiger partial charge >= 0.3 is 0 Å². The molecular formula is C14H16N2O2S. The maximum Gasteiger partial charge on any atom is 0.230 e. The molecule has 1 fully saturated rings. The molecule has 0 saturated carbocycles. The topological polar surface area (TPSA) is 55.6 Å². The first kappa shape index (κ1) is 12.6. The number of carbonyl (C=O) groups is 1. The van der Waals surface area contributed by atoms with Crippen molar-refractivity contribution in [1.29, 1.82) is 0 Å². The first-order valence-corrected chi connectivity index (χ1v) is 6.85. The number of nitrogens with zero attached hydrogens (tertiary/aromatic N) is 1. The zero-order valence-electron chi connectivity index (χ0n) is 10.5. The van der Waals surface area contributed by atoms with Crippen molar-refractivity contribution in [3.63, 3.8) is 0 Å². The molecule has 0 aromatic heterocycles. The number of thiocarbonyl (C=S) groups is 1. The van der Waals surface area contributed by atoms with Gasteiger partial charge < -0.3 is 15.4 Å². The SMILES string of the molecule is NC(=S)C1CN(C(=O)C2Cc3ccccc32)CCO1. The molecule has 1 heterocycles. The molecule has 2 N–H and O–H groups in total. The average Bonchev–Trinajstić information content (AvgIpc) is 2.40. The van der Waals surface area contributed by atoms with Gasteiger partial charge in [-0.2, -0.15) is 0 Å². The molecule has 2 aliphatic rings. The van der Waals surface area contributed by atoms with Crippen LogP contribution >= 0.6 is 12.2 Å². The normalized spacial score (nSPS) is 25.4. The number of benzene rings is 1. The van der Waals surface area contributed by atoms with Crippen LogP contribution in [-0.2, 0) is 16.0 Å². The van der Waals surface area contributed by atoms with Crippen LogP contribution in [0, 0.1) is 0 Å². The molecule has 2 unspecified atom stereocenters. The largest absolute Gasteiger partial charge is 0.391 e. The highest BCUT2D eigenvalue weighted by atomic mass is 32.1. The Bertz CT molecular complexity index is 532. The quantitative estimate of drug-likeness (QED) is 0.813. The number of morpholine rings is 1. The van der Waals surface area contributed by atoms with Crippen LogP contribution in [0.1, 0.15) is 17.0 Å². The van der Waals surface area contributed by atoms with Gasteiger partial charge in [0, 0.05) is 6.54 Å². The number of ether oxygens (including phenoxy) is 1. The van der Waals surface area contributed by atoms with Gasteiger partial charge in [-0.05, 0) is 17.5 Å². The van der Waals surface area contributed by atoms with Crippen molar-refractivity contribution in [2.75, 3.05) is 19.7 Å². The van der Waals surface area contributed by atoms with E-state index >= 15 is 0 Å². The molecule has 2 atom stereocenters. The Morgan fingerprint density at radius 3 is 2.95 bits per heavy atom. The summed E-state index contributed by atoms with van der Waals surface area (Å²) in [4.78, 5) is 14.7. The Hall–Kier alpha value is -1.46. The predicted molar refractivity (Wildman–Crippen MR) is 76.0 cm³/mol. The predicted octanol–water partition coefficient (Wildman–Crippen LogP) is 0.840. The molecule has 0 spiro atoms. The lowest BCUT2D eigenvalue weighted by Gasteiger charge is -2.38. The van der Waals surface area contributed by atoms with E-state index in [9.17, 15) is 4.79 Å². The number of fused-ring (bicyclic) bond motifs is 1. The first-order valence-electron chi connectivity index (χ1n) is 6.44. The molecule has 1 saturated heterocycles. The maximum atomic E-state index is 12.5. The molecule has 19 heavy (non-hydrogen) atoms. The van der Waals surface area contributed by atoms with Crippen molar-refractivity contribution in [2.45, 2.75) is 18.4 Å². The molecule has 0 bridgehead atoms. The highest BCUT2D eigenvalue weighted by molar-refractivity contribution is 7.80. The molecule has 1 amide bonds. The minimum absolute atomic E-state index is 0.00120. The van der Waals surface area contributed by atoms with Gasteiger partial charge in [0.25, 0.3) is 0 Å². The number of rotatable bonds is 2. The zero-order valence-corrected chi connectivity index (χ0v) is 11.4. The Labute approximate surface area is 117 Å². The average molecular weight is 276 g/mol. The first-order chi connectivity index (χ1) is 9.16. The molecule has 1 aromatic carbocycles. The standard InChI is InChI=1S/C14H16N2O2S/c15-13(19)12-8-16(5-6-18-12)14(17)11-7-9-3-1-2-4-10(9)11/h1-4,11-12H,5-8H2,(H2,15,19). The van der Waals surface area contributed by atoms with Crippen LogP contribution in [0.4, 0.5) is 0 Å². The minimum Gasteiger partial charge on any atom is -0.391 e. The fourth-order valence-corrected chi connectivity index (χ4v) is 2.86. The molecule has 0 radical (unpaired) electrons. The third-order valence-electron chi connectivity index (χ3n) is 3.85. The Morgan fingerprint density at radius 1 is 1.42 bits per heavy atom. The van der Waals surface area contributed by atoms with E-state index in [1.165, 1.54) is 5.56 Å². The third-order valence-corrected chi connectivity index (χ3v) is 4.11. The summed E-state index contributed by atoms with van der Waals surface area (Å²) in [7, 11) is 0. The summed E-state index contributed by atoms with van der Waals surface area (Å²) >= 11 is 4.94. The Morgan fingerprint density at radius 2 is 2.21 bits per heavy atom. The van der Waals surface area contributed by atoms with E-state index in [0.717, 1.165) is 12.0 Å². The zero-order chi connectivity index (χ0) is 13.4. The van der Waals surface area contributed by atoms with Crippen molar-refractivity contribution in [3.05, 3.63) is 35.4 Å². The van der Waals surface area contributed by atoms with E-state index in [1.54, 1.807) is 0 Å². The third kappa shape index (κ3) is 2.24. The summed E-state index contributed by atoms with van der Waals surface area (Å²) in [6, 6.07) is 8.11. The van der Waals surface area contributed by atoms with E-state index in [-0.39, 0.29) is 17.9 Å². The maximum absolute atomic E-state index is 12.5. The van der Waals surface area contributed by atoms with E-state index < -0.39 is 0 Å². The van der Waals surface area contributed by atoms with Crippen LogP contribution in [0.2, 0.25) is 0 Å². The highest BCUT2D eigenvalue weighted by Crippen LogP contribution is 2.36. The monoisotopic (exact) mass is 276 g/mol. The highest BCUT2D eigenvalue weighted by Gasteiger charge is 2.36. The molecule has 100 valence electrons. The summed E-state index contributed by atoms with van der Waals surface area (Å²) < 4.78 is 5.46. The van der Waals surface area contributed by atoms with Gasteiger partial charge in [-0.15, -0.1) is 0 Å². The molecule has 1 aliphatic heterocycles. The van der Waals surface area contributed by atoms with Gasteiger partial charge in [-0.1, -0.05) is 36.5 Å². The van der Waals surface area contributed by atoms with Crippen molar-refractivity contribution < 1.29 is 9.53 Å². The molecule has 5 heteroatoms. The van der Waals surface area contributed by atoms with Gasteiger partial charge in [0.1, 0.15) is 11.1 Å². The fraction of sp³-hybridized carbons (Fsp3) is 0.429. The van der Waals surface area contributed by atoms with Gasteiger partial charge in [0.05, 0.1) is 19.1 Å². The lowest BCUT2D eigenvalue weighted by Crippen LogP contribution is -2.52. The van der Waals surface area contributed by atoms with E-state index in [0.29, 0.717) is 24.7 Å². The van der Waals surface area contributed by atoms with E-state index in [4.69, 9.17) is 22.7 Å². The van der Waals surface area contributed by atoms with Gasteiger partial charge in [0.2, 0.25) is 5.91 Å². The smallest absolute Gasteiger partial charge is 0.230 e. The Kier molecular flexibility index (Phi) is 3.24. The minimum atomic E-state index is -0.303. The second kappa shape index (κ2) is 4.90. The number of nitrogens with two attached hydrogens (primary N) is 1. The van der Waals surface area contributed by atoms with Crippen LogP contribution in [0.15, 0.2) is 24.3 Å². The second-order valence-corrected chi connectivity index (χ2v) is 5.47. The van der Waals surface area contributed by atoms with Crippen molar-refractivity contribution in [2.24, 2.45) is 5.73 Å². The van der Waals surface area contributed by atoms with Gasteiger partial charge in [-0.25, -0.2) is 0 Å². The summed E-state index contributed by atoms with van der Waals surface area (Å²) in [6.45, 7) is 1.60. The van der Waals surface area contributed by atoms with Crippen LogP contribution in [0.25, 0.3) is 0 Å². The lowest BCUT2D eigenvalue weighted by atomic mass is 9.77. The molecule has 1 aromatic rings. The van der Waals surface area contributed by atoms with Crippen LogP contribution in [-0.4, -0.2) is 41.6 Å². The fourth-order valence-electron chi connectivity index (χ4n) is 2.72. The number of amides is 1. The van der Waals surface area contributed by atoms with Crippen LogP contribution < -0.4 is 5.73 Å². The number of hydrogen-bond acceptors (Lipinski definition) is 3. The number of carbonyl (C=O) groups excluding carboxylic acids is 1. The summed E-state index contributed by atoms with van der Waals surface area (Å²) in [5.74, 6) is 0.171. The molecule has 3 rings (SSSR count). The summed E-state index contributed by atoms with van der Waals surface area (Å²) in [5, 5.41) is 0. The number of hydrogen-bond donors (Lipinski definition) is 1. The van der Waals surface area contributed by atoms with Gasteiger partial charge in [0.15, 0.2) is 0 Å². The summed E-state index contributed by atoms with van der Waals surface area (Å²) in [6.07, 6.45) is 0.535. The molecule has 4 nitrogen and oxygen atoms in total. The van der Waals surface area contributed by atoms with E-state index in [2.05, 4.69) is 6.07 Å². The van der Waals surface area contributed by atoms with Gasteiger partial charge in [-0.3, -0.25) is 4.79 Å². The van der Waals surface area contributed by atoms with Crippen LogP contribution in [0.5, 0.6) is 0 Å². The molecule has 1 aliphatic carbocycles. The lowest BCUT2D eigenvalue weighted by molar-refractivity contribution is -0.138.